The molecule has 0 saturated carbocycles. The van der Waals surface area contributed by atoms with Crippen molar-refractivity contribution in [2.24, 2.45) is 33.7 Å². The Labute approximate surface area is 423 Å². The van der Waals surface area contributed by atoms with E-state index < -0.39 is 96.7 Å². The van der Waals surface area contributed by atoms with Gasteiger partial charge in [-0.15, -0.1) is 0 Å². The third-order valence-corrected chi connectivity index (χ3v) is 11.3. The standard InChI is InChI=1S/C49H71N13O11/c50-22-6-4-11-36(45(69)62-40(27-32-16-20-34(64)21-17-32)47(71)61-38(48(72)73)12-5-7-23-51)59-44(68)37(13-8-24-55-49(53)54)60-46(70)39(26-30-9-2-1-3-10-30)58-42(66)29-56-41(65)28-57-43(67)35(52)25-31-14-18-33(63)19-15-31/h1-3,9-10,14-21,35-40,63-64H,4-8,11-13,22-29,50-52H2,(H,56,65)(H,57,67)(H,58,66)(H,59,68)(H,60,70)(H,61,71)(H,62,69)(H,72,73)(H4,53,54,55)/t35-,36-,37-,38-,39-,40-/m0/s1. The summed E-state index contributed by atoms with van der Waals surface area (Å²) in [4.78, 5) is 111. The van der Waals surface area contributed by atoms with Crippen molar-refractivity contribution in [3.05, 3.63) is 95.6 Å². The number of amides is 7. The molecule has 0 aliphatic heterocycles. The molecule has 3 aromatic carbocycles. The summed E-state index contributed by atoms with van der Waals surface area (Å²) >= 11 is 0. The van der Waals surface area contributed by atoms with E-state index in [-0.39, 0.29) is 75.5 Å². The highest BCUT2D eigenvalue weighted by Gasteiger charge is 2.33. The first-order chi connectivity index (χ1) is 34.9. The molecule has 398 valence electrons. The zero-order valence-corrected chi connectivity index (χ0v) is 40.7. The number of hydrogen-bond acceptors (Lipinski definition) is 14. The first-order valence-electron chi connectivity index (χ1n) is 24.0. The van der Waals surface area contributed by atoms with Crippen molar-refractivity contribution < 1.29 is 53.7 Å². The number of carboxylic acids is 1. The van der Waals surface area contributed by atoms with Gasteiger partial charge in [-0.3, -0.25) is 38.6 Å². The van der Waals surface area contributed by atoms with E-state index in [1.54, 1.807) is 42.5 Å². The number of aliphatic carboxylic acids is 1. The van der Waals surface area contributed by atoms with Gasteiger partial charge in [0.05, 0.1) is 19.1 Å². The van der Waals surface area contributed by atoms with Crippen LogP contribution in [0.3, 0.4) is 0 Å². The molecular weight excluding hydrogens is 947 g/mol. The van der Waals surface area contributed by atoms with Crippen LogP contribution in [0.25, 0.3) is 0 Å². The zero-order valence-electron chi connectivity index (χ0n) is 40.7. The molecule has 24 nitrogen and oxygen atoms in total. The molecule has 0 radical (unpaired) electrons. The number of nitrogens with two attached hydrogens (primary N) is 5. The van der Waals surface area contributed by atoms with Gasteiger partial charge < -0.3 is 81.2 Å². The third kappa shape index (κ3) is 23.3. The van der Waals surface area contributed by atoms with E-state index in [0.717, 1.165) is 0 Å². The van der Waals surface area contributed by atoms with Gasteiger partial charge in [-0.25, -0.2) is 4.79 Å². The first-order valence-corrected chi connectivity index (χ1v) is 24.0. The Hall–Kier alpha value is -7.83. The molecule has 7 amide bonds. The Kier molecular flexibility index (Phi) is 26.2. The minimum absolute atomic E-state index is 0.0303. The molecule has 0 aromatic heterocycles. The van der Waals surface area contributed by atoms with Crippen molar-refractivity contribution in [2.75, 3.05) is 32.7 Å². The zero-order chi connectivity index (χ0) is 53.7. The van der Waals surface area contributed by atoms with Crippen LogP contribution >= 0.6 is 0 Å². The lowest BCUT2D eigenvalue weighted by molar-refractivity contribution is -0.142. The van der Waals surface area contributed by atoms with E-state index in [2.05, 4.69) is 42.2 Å². The second-order valence-electron chi connectivity index (χ2n) is 17.3. The molecule has 3 aromatic rings. The van der Waals surface area contributed by atoms with Crippen molar-refractivity contribution in [1.82, 2.24) is 37.2 Å². The fourth-order valence-corrected chi connectivity index (χ4v) is 7.27. The van der Waals surface area contributed by atoms with E-state index in [4.69, 9.17) is 28.7 Å². The largest absolute Gasteiger partial charge is 0.508 e. The van der Waals surface area contributed by atoms with Gasteiger partial charge in [-0.05, 0) is 112 Å². The number of aliphatic imine (C=N–C) groups is 1. The van der Waals surface area contributed by atoms with E-state index in [1.165, 1.54) is 36.4 Å². The van der Waals surface area contributed by atoms with Gasteiger partial charge in [0, 0.05) is 19.4 Å². The number of aromatic hydroxyl groups is 2. The molecular formula is C49H71N13O11. The normalized spacial score (nSPS) is 13.3. The predicted molar refractivity (Wildman–Crippen MR) is 271 cm³/mol. The Bertz CT molecular complexity index is 2280. The van der Waals surface area contributed by atoms with Crippen molar-refractivity contribution >= 4 is 53.3 Å². The Morgan fingerprint density at radius 3 is 1.41 bits per heavy atom. The minimum atomic E-state index is -1.36. The summed E-state index contributed by atoms with van der Waals surface area (Å²) in [6.07, 6.45) is 1.84. The highest BCUT2D eigenvalue weighted by atomic mass is 16.4. The molecule has 24 heteroatoms. The Morgan fingerprint density at radius 1 is 0.479 bits per heavy atom. The summed E-state index contributed by atoms with van der Waals surface area (Å²) in [5, 5.41) is 47.2. The van der Waals surface area contributed by atoms with Crippen LogP contribution in [0.4, 0.5) is 0 Å². The predicted octanol–water partition coefficient (Wildman–Crippen LogP) is -2.49. The first kappa shape index (κ1) is 59.5. The second kappa shape index (κ2) is 32.2. The molecule has 0 fully saturated rings. The van der Waals surface area contributed by atoms with Crippen molar-refractivity contribution in [3.8, 4) is 11.5 Å². The van der Waals surface area contributed by atoms with Gasteiger partial charge in [-0.1, -0.05) is 54.6 Å². The molecule has 0 spiro atoms. The van der Waals surface area contributed by atoms with Gasteiger partial charge in [0.1, 0.15) is 41.7 Å². The van der Waals surface area contributed by atoms with Crippen LogP contribution in [-0.4, -0.2) is 138 Å². The topological polar surface area (TPSA) is 424 Å². The third-order valence-electron chi connectivity index (χ3n) is 11.3. The van der Waals surface area contributed by atoms with Crippen LogP contribution in [0.5, 0.6) is 11.5 Å². The number of benzene rings is 3. The van der Waals surface area contributed by atoms with Crippen LogP contribution in [0.2, 0.25) is 0 Å². The van der Waals surface area contributed by atoms with Gasteiger partial charge in [0.2, 0.25) is 41.4 Å². The number of nitrogens with one attached hydrogen (secondary N) is 7. The Morgan fingerprint density at radius 2 is 0.904 bits per heavy atom. The number of phenolic OH excluding ortho intramolecular Hbond substituents is 2. The van der Waals surface area contributed by atoms with Crippen LogP contribution in [-0.2, 0) is 57.6 Å². The average Bonchev–Trinajstić information content (AvgIpc) is 3.36. The number of rotatable bonds is 33. The maximum Gasteiger partial charge on any atom is 0.326 e. The van der Waals surface area contributed by atoms with E-state index >= 15 is 0 Å². The van der Waals surface area contributed by atoms with Gasteiger partial charge in [0.15, 0.2) is 5.96 Å². The highest BCUT2D eigenvalue weighted by molar-refractivity contribution is 5.97. The Balaban J connectivity index is 1.82. The smallest absolute Gasteiger partial charge is 0.326 e. The molecule has 73 heavy (non-hydrogen) atoms. The van der Waals surface area contributed by atoms with E-state index in [0.29, 0.717) is 48.9 Å². The summed E-state index contributed by atoms with van der Waals surface area (Å²) in [7, 11) is 0. The fourth-order valence-electron chi connectivity index (χ4n) is 7.27. The molecule has 20 N–H and O–H groups in total. The number of phenols is 2. The lowest BCUT2D eigenvalue weighted by Gasteiger charge is -2.27. The number of carbonyl (C=O) groups is 8. The van der Waals surface area contributed by atoms with Gasteiger partial charge >= 0.3 is 5.97 Å². The molecule has 0 bridgehead atoms. The number of carbonyl (C=O) groups excluding carboxylic acids is 7. The van der Waals surface area contributed by atoms with Crippen LogP contribution < -0.4 is 65.9 Å². The molecule has 0 saturated heterocycles. The molecule has 0 aliphatic carbocycles. The molecule has 6 atom stereocenters. The van der Waals surface area contributed by atoms with Crippen LogP contribution in [0.1, 0.15) is 68.1 Å². The molecule has 0 heterocycles. The highest BCUT2D eigenvalue weighted by Crippen LogP contribution is 2.14. The lowest BCUT2D eigenvalue weighted by atomic mass is 10.0. The summed E-state index contributed by atoms with van der Waals surface area (Å²) < 4.78 is 0. The summed E-state index contributed by atoms with van der Waals surface area (Å²) in [6.45, 7) is -0.499. The van der Waals surface area contributed by atoms with Gasteiger partial charge in [0.25, 0.3) is 0 Å². The lowest BCUT2D eigenvalue weighted by Crippen LogP contribution is -2.59. The SMILES string of the molecule is NCCCC[C@H](NC(=O)[C@H](Cc1ccc(O)cc1)NC(=O)[C@H](CCCCN)NC(=O)[C@H](CCCN=C(N)N)NC(=O)[C@H](Cc1ccccc1)NC(=O)CNC(=O)CNC(=O)[C@@H](N)Cc1ccc(O)cc1)C(=O)O. The second-order valence-corrected chi connectivity index (χ2v) is 17.3. The van der Waals surface area contributed by atoms with Crippen LogP contribution in [0, 0.1) is 0 Å². The van der Waals surface area contributed by atoms with Crippen molar-refractivity contribution in [2.45, 2.75) is 107 Å². The molecule has 0 aliphatic rings. The van der Waals surface area contributed by atoms with Crippen molar-refractivity contribution in [1.29, 1.82) is 0 Å². The van der Waals surface area contributed by atoms with Crippen LogP contribution in [0.15, 0.2) is 83.9 Å². The molecule has 0 unspecified atom stereocenters. The van der Waals surface area contributed by atoms with E-state index in [1.807, 2.05) is 0 Å². The number of hydrogen-bond donors (Lipinski definition) is 15. The maximum atomic E-state index is 14.3. The number of unbranched alkanes of at least 4 members (excludes halogenated alkanes) is 2. The maximum absolute atomic E-state index is 14.3. The van der Waals surface area contributed by atoms with E-state index in [9.17, 15) is 53.7 Å². The summed E-state index contributed by atoms with van der Waals surface area (Å²) in [6, 6.07) is 12.9. The minimum Gasteiger partial charge on any atom is -0.508 e. The number of carboxylic acid groups (broad SMARTS) is 1. The fraction of sp³-hybridized carbons (Fsp3) is 0.449. The molecule has 3 rings (SSSR count). The number of guanidine groups is 1. The van der Waals surface area contributed by atoms with Gasteiger partial charge in [-0.2, -0.15) is 0 Å². The average molecular weight is 1020 g/mol. The summed E-state index contributed by atoms with van der Waals surface area (Å²) in [5.74, 6) is -6.93. The van der Waals surface area contributed by atoms with Crippen molar-refractivity contribution in [3.63, 3.8) is 0 Å². The number of nitrogens with zero attached hydrogens (tertiary/aromatic N) is 1. The monoisotopic (exact) mass is 1020 g/mol. The summed E-state index contributed by atoms with van der Waals surface area (Å²) in [5.41, 5.74) is 30.2. The quantitative estimate of drug-likeness (QED) is 0.0170.